The summed E-state index contributed by atoms with van der Waals surface area (Å²) in [6.45, 7) is 0. The highest BCUT2D eigenvalue weighted by molar-refractivity contribution is 9.09. The second kappa shape index (κ2) is 3.29. The standard InChI is InChI=1S/C9H15BrS/c10-7-9(3-4-9)6-8-2-1-5-11-8/h8H,1-7H2. The van der Waals surface area contributed by atoms with Gasteiger partial charge in [-0.25, -0.2) is 0 Å². The first-order chi connectivity index (χ1) is 5.35. The van der Waals surface area contributed by atoms with Gasteiger partial charge in [0.05, 0.1) is 0 Å². The van der Waals surface area contributed by atoms with E-state index in [1.807, 2.05) is 0 Å². The predicted octanol–water partition coefficient (Wildman–Crippen LogP) is 3.45. The van der Waals surface area contributed by atoms with Gasteiger partial charge in [0.25, 0.3) is 0 Å². The Morgan fingerprint density at radius 3 is 2.73 bits per heavy atom. The molecule has 1 saturated heterocycles. The summed E-state index contributed by atoms with van der Waals surface area (Å²) < 4.78 is 0. The van der Waals surface area contributed by atoms with E-state index in [0.717, 1.165) is 10.7 Å². The maximum Gasteiger partial charge on any atom is 0.00883 e. The Hall–Kier alpha value is 0.830. The molecule has 0 spiro atoms. The normalized spacial score (nSPS) is 34.1. The number of thioether (sulfide) groups is 1. The lowest BCUT2D eigenvalue weighted by Crippen LogP contribution is -2.10. The molecule has 0 aromatic rings. The molecule has 0 aromatic carbocycles. The van der Waals surface area contributed by atoms with Crippen molar-refractivity contribution >= 4 is 27.7 Å². The molecule has 1 aliphatic heterocycles. The van der Waals surface area contributed by atoms with Crippen LogP contribution in [0.15, 0.2) is 0 Å². The SMILES string of the molecule is BrCC1(CC2CCCS2)CC1. The summed E-state index contributed by atoms with van der Waals surface area (Å²) in [5, 5.41) is 2.26. The molecule has 2 rings (SSSR count). The van der Waals surface area contributed by atoms with Crippen LogP contribution in [0.4, 0.5) is 0 Å². The zero-order chi connectivity index (χ0) is 7.73. The van der Waals surface area contributed by atoms with Gasteiger partial charge in [0.1, 0.15) is 0 Å². The molecule has 0 N–H and O–H groups in total. The lowest BCUT2D eigenvalue weighted by Gasteiger charge is -2.15. The van der Waals surface area contributed by atoms with Crippen molar-refractivity contribution in [1.82, 2.24) is 0 Å². The Kier molecular flexibility index (Phi) is 2.52. The molecule has 0 nitrogen and oxygen atoms in total. The van der Waals surface area contributed by atoms with Crippen LogP contribution in [-0.4, -0.2) is 16.3 Å². The van der Waals surface area contributed by atoms with Crippen molar-refractivity contribution in [3.05, 3.63) is 0 Å². The van der Waals surface area contributed by atoms with Gasteiger partial charge in [-0.3, -0.25) is 0 Å². The monoisotopic (exact) mass is 234 g/mol. The van der Waals surface area contributed by atoms with Crippen LogP contribution in [0.25, 0.3) is 0 Å². The fraction of sp³-hybridized carbons (Fsp3) is 1.00. The molecule has 2 fully saturated rings. The Balaban J connectivity index is 1.80. The number of halogens is 1. The number of hydrogen-bond donors (Lipinski definition) is 0. The number of hydrogen-bond acceptors (Lipinski definition) is 1. The van der Waals surface area contributed by atoms with E-state index in [2.05, 4.69) is 27.7 Å². The Labute approximate surface area is 81.6 Å². The molecule has 1 heterocycles. The zero-order valence-electron chi connectivity index (χ0n) is 6.81. The zero-order valence-corrected chi connectivity index (χ0v) is 9.22. The van der Waals surface area contributed by atoms with Crippen molar-refractivity contribution < 1.29 is 0 Å². The van der Waals surface area contributed by atoms with Gasteiger partial charge in [-0.05, 0) is 43.3 Å². The summed E-state index contributed by atoms with van der Waals surface area (Å²) in [7, 11) is 0. The van der Waals surface area contributed by atoms with Crippen LogP contribution in [0.2, 0.25) is 0 Å². The highest BCUT2D eigenvalue weighted by atomic mass is 79.9. The molecule has 2 heteroatoms. The molecule has 0 radical (unpaired) electrons. The van der Waals surface area contributed by atoms with Crippen LogP contribution in [0.5, 0.6) is 0 Å². The predicted molar refractivity (Wildman–Crippen MR) is 55.6 cm³/mol. The summed E-state index contributed by atoms with van der Waals surface area (Å²) in [5.74, 6) is 1.42. The third-order valence-corrected chi connectivity index (χ3v) is 5.51. The average Bonchev–Trinajstić information content (AvgIpc) is 2.59. The Morgan fingerprint density at radius 1 is 1.45 bits per heavy atom. The Bertz CT molecular complexity index is 136. The maximum atomic E-state index is 3.63. The van der Waals surface area contributed by atoms with Gasteiger partial charge in [0.15, 0.2) is 0 Å². The maximum absolute atomic E-state index is 3.63. The highest BCUT2D eigenvalue weighted by Crippen LogP contribution is 2.53. The first-order valence-electron chi connectivity index (χ1n) is 4.52. The summed E-state index contributed by atoms with van der Waals surface area (Å²) in [6, 6.07) is 0. The van der Waals surface area contributed by atoms with E-state index in [4.69, 9.17) is 0 Å². The molecule has 0 amide bonds. The highest BCUT2D eigenvalue weighted by Gasteiger charge is 2.43. The van der Waals surface area contributed by atoms with Gasteiger partial charge in [0.2, 0.25) is 0 Å². The fourth-order valence-corrected chi connectivity index (χ4v) is 4.12. The van der Waals surface area contributed by atoms with Gasteiger partial charge in [-0.1, -0.05) is 15.9 Å². The van der Waals surface area contributed by atoms with Crippen molar-refractivity contribution in [1.29, 1.82) is 0 Å². The molecule has 64 valence electrons. The van der Waals surface area contributed by atoms with E-state index in [0.29, 0.717) is 0 Å². The van der Waals surface area contributed by atoms with E-state index in [9.17, 15) is 0 Å². The number of alkyl halides is 1. The molecular formula is C9H15BrS. The lowest BCUT2D eigenvalue weighted by atomic mass is 10.0. The van der Waals surface area contributed by atoms with E-state index < -0.39 is 0 Å². The van der Waals surface area contributed by atoms with Crippen LogP contribution in [0, 0.1) is 5.41 Å². The van der Waals surface area contributed by atoms with Crippen molar-refractivity contribution in [3.63, 3.8) is 0 Å². The summed E-state index contributed by atoms with van der Waals surface area (Å²) in [4.78, 5) is 0. The van der Waals surface area contributed by atoms with E-state index >= 15 is 0 Å². The van der Waals surface area contributed by atoms with Crippen LogP contribution < -0.4 is 0 Å². The quantitative estimate of drug-likeness (QED) is 0.675. The van der Waals surface area contributed by atoms with Crippen molar-refractivity contribution in [3.8, 4) is 0 Å². The van der Waals surface area contributed by atoms with Crippen LogP contribution in [0.1, 0.15) is 32.1 Å². The molecule has 1 unspecified atom stereocenters. The Morgan fingerprint density at radius 2 is 2.27 bits per heavy atom. The van der Waals surface area contributed by atoms with Crippen molar-refractivity contribution in [2.24, 2.45) is 5.41 Å². The average molecular weight is 235 g/mol. The van der Waals surface area contributed by atoms with Gasteiger partial charge in [-0.2, -0.15) is 11.8 Å². The molecule has 2 aliphatic rings. The minimum absolute atomic E-state index is 0.752. The molecule has 1 aliphatic carbocycles. The van der Waals surface area contributed by atoms with Crippen molar-refractivity contribution in [2.75, 3.05) is 11.1 Å². The first-order valence-corrected chi connectivity index (χ1v) is 6.69. The number of rotatable bonds is 3. The second-order valence-corrected chi connectivity index (χ2v) is 5.94. The van der Waals surface area contributed by atoms with Crippen LogP contribution in [-0.2, 0) is 0 Å². The summed E-state index contributed by atoms with van der Waals surface area (Å²) in [6.07, 6.45) is 7.40. The minimum atomic E-state index is 0.752. The van der Waals surface area contributed by atoms with E-state index in [1.54, 1.807) is 0 Å². The molecule has 11 heavy (non-hydrogen) atoms. The molecule has 1 saturated carbocycles. The van der Waals surface area contributed by atoms with Gasteiger partial charge in [0, 0.05) is 10.6 Å². The molecule has 0 bridgehead atoms. The van der Waals surface area contributed by atoms with Crippen LogP contribution >= 0.6 is 27.7 Å². The topological polar surface area (TPSA) is 0 Å². The van der Waals surface area contributed by atoms with Gasteiger partial charge in [-0.15, -0.1) is 0 Å². The largest absolute Gasteiger partial charge is 0.159 e. The fourth-order valence-electron chi connectivity index (χ4n) is 1.86. The summed E-state index contributed by atoms with van der Waals surface area (Å²) in [5.41, 5.74) is 0.752. The third kappa shape index (κ3) is 1.95. The van der Waals surface area contributed by atoms with Gasteiger partial charge < -0.3 is 0 Å². The van der Waals surface area contributed by atoms with Crippen molar-refractivity contribution in [2.45, 2.75) is 37.4 Å². The molecular weight excluding hydrogens is 220 g/mol. The third-order valence-electron chi connectivity index (χ3n) is 2.93. The second-order valence-electron chi connectivity index (χ2n) is 3.97. The van der Waals surface area contributed by atoms with Gasteiger partial charge >= 0.3 is 0 Å². The summed E-state index contributed by atoms with van der Waals surface area (Å²) >= 11 is 5.84. The smallest absolute Gasteiger partial charge is 0.00883 e. The molecule has 0 aromatic heterocycles. The van der Waals surface area contributed by atoms with E-state index in [1.165, 1.54) is 43.2 Å². The van der Waals surface area contributed by atoms with E-state index in [-0.39, 0.29) is 0 Å². The minimum Gasteiger partial charge on any atom is -0.159 e. The lowest BCUT2D eigenvalue weighted by molar-refractivity contribution is 0.510. The first kappa shape index (κ1) is 8.43. The molecule has 1 atom stereocenters. The van der Waals surface area contributed by atoms with Crippen LogP contribution in [0.3, 0.4) is 0 Å².